The number of hydrogen-bond acceptors (Lipinski definition) is 6. The molecule has 1 atom stereocenters. The van der Waals surface area contributed by atoms with Crippen molar-refractivity contribution in [1.29, 1.82) is 0 Å². The van der Waals surface area contributed by atoms with Gasteiger partial charge in [-0.15, -0.1) is 0 Å². The van der Waals surface area contributed by atoms with Gasteiger partial charge in [0.1, 0.15) is 12.3 Å². The average Bonchev–Trinajstić information content (AvgIpc) is 3.28. The number of fused-ring (bicyclic) bond motifs is 4. The number of nitrogen functional groups attached to an aromatic ring is 1. The zero-order chi connectivity index (χ0) is 20.3. The Kier molecular flexibility index (Phi) is 3.64. The predicted octanol–water partition coefficient (Wildman–Crippen LogP) is 2.77. The van der Waals surface area contributed by atoms with Crippen LogP contribution in [0.25, 0.3) is 10.9 Å². The highest BCUT2D eigenvalue weighted by Gasteiger charge is 2.34. The van der Waals surface area contributed by atoms with E-state index in [9.17, 15) is 9.90 Å². The Hall–Kier alpha value is -3.81. The number of nitrogens with one attached hydrogen (secondary N) is 1. The molecule has 4 N–H and O–H groups in total. The third-order valence-corrected chi connectivity index (χ3v) is 5.50. The number of anilines is 1. The zero-order valence-corrected chi connectivity index (χ0v) is 15.9. The number of aromatic nitrogens is 2. The van der Waals surface area contributed by atoms with Crippen molar-refractivity contribution in [1.82, 2.24) is 9.55 Å². The number of rotatable bonds is 3. The van der Waals surface area contributed by atoms with Gasteiger partial charge >= 0.3 is 5.76 Å². The average molecular weight is 393 g/mol. The van der Waals surface area contributed by atoms with Crippen LogP contribution in [0.3, 0.4) is 0 Å². The van der Waals surface area contributed by atoms with Gasteiger partial charge in [-0.1, -0.05) is 6.07 Å². The standard InChI is InChI=1S/C21H19N3O5/c1-27-15-6-10(7-16(28-2)20(15)25)19-18-12(8-11-9-29-21(26)24(11)19)17-13(22)4-3-5-14(17)23-18/h3-7,9,19,23,25H,8,22H2,1-2H3/t19-/m1/s1. The number of aromatic hydroxyl groups is 1. The first kappa shape index (κ1) is 17.3. The molecule has 29 heavy (non-hydrogen) atoms. The highest BCUT2D eigenvalue weighted by Crippen LogP contribution is 2.44. The number of hydrogen-bond donors (Lipinski definition) is 3. The van der Waals surface area contributed by atoms with Crippen LogP contribution < -0.4 is 21.0 Å². The number of aromatic amines is 1. The first-order valence-electron chi connectivity index (χ1n) is 9.06. The molecule has 4 aromatic rings. The van der Waals surface area contributed by atoms with Crippen LogP contribution in [-0.2, 0) is 6.42 Å². The number of benzene rings is 2. The molecule has 2 aromatic heterocycles. The monoisotopic (exact) mass is 393 g/mol. The van der Waals surface area contributed by atoms with Crippen molar-refractivity contribution in [2.24, 2.45) is 0 Å². The van der Waals surface area contributed by atoms with Gasteiger partial charge in [-0.2, -0.15) is 0 Å². The summed E-state index contributed by atoms with van der Waals surface area (Å²) in [6.45, 7) is 0. The number of phenols is 1. The highest BCUT2D eigenvalue weighted by molar-refractivity contribution is 5.95. The summed E-state index contributed by atoms with van der Waals surface area (Å²) in [6.07, 6.45) is 1.99. The SMILES string of the molecule is COc1cc([C@@H]2c3[nH]c4cccc(N)c4c3Cc3coc(=O)n32)cc(OC)c1O. The van der Waals surface area contributed by atoms with Gasteiger partial charge in [0.25, 0.3) is 0 Å². The summed E-state index contributed by atoms with van der Waals surface area (Å²) in [5, 5.41) is 11.2. The molecule has 0 saturated carbocycles. The van der Waals surface area contributed by atoms with E-state index in [0.29, 0.717) is 17.7 Å². The molecule has 1 aliphatic heterocycles. The van der Waals surface area contributed by atoms with Crippen molar-refractivity contribution in [3.05, 3.63) is 69.7 Å². The lowest BCUT2D eigenvalue weighted by atomic mass is 9.92. The third-order valence-electron chi connectivity index (χ3n) is 5.50. The summed E-state index contributed by atoms with van der Waals surface area (Å²) in [7, 11) is 2.92. The van der Waals surface area contributed by atoms with Crippen LogP contribution in [0.2, 0.25) is 0 Å². The van der Waals surface area contributed by atoms with Crippen LogP contribution in [0.4, 0.5) is 5.69 Å². The van der Waals surface area contributed by atoms with Crippen molar-refractivity contribution in [3.63, 3.8) is 0 Å². The van der Waals surface area contributed by atoms with Crippen LogP contribution in [0.5, 0.6) is 17.2 Å². The van der Waals surface area contributed by atoms with Gasteiger partial charge in [0, 0.05) is 28.7 Å². The fraction of sp³-hybridized carbons (Fsp3) is 0.190. The van der Waals surface area contributed by atoms with Crippen LogP contribution in [0, 0.1) is 0 Å². The molecule has 0 amide bonds. The normalized spacial score (nSPS) is 15.2. The minimum atomic E-state index is -0.518. The number of phenolic OH excluding ortho intramolecular Hbond substituents is 1. The summed E-state index contributed by atoms with van der Waals surface area (Å²) < 4.78 is 17.4. The van der Waals surface area contributed by atoms with Crippen LogP contribution in [-0.4, -0.2) is 28.9 Å². The van der Waals surface area contributed by atoms with Crippen LogP contribution >= 0.6 is 0 Å². The molecule has 1 aliphatic rings. The Bertz CT molecular complexity index is 1290. The molecule has 8 nitrogen and oxygen atoms in total. The summed E-state index contributed by atoms with van der Waals surface area (Å²) in [5.41, 5.74) is 11.1. The van der Waals surface area contributed by atoms with Gasteiger partial charge in [0.2, 0.25) is 5.75 Å². The highest BCUT2D eigenvalue weighted by atomic mass is 16.5. The second-order valence-corrected chi connectivity index (χ2v) is 7.00. The van der Waals surface area contributed by atoms with Crippen LogP contribution in [0.1, 0.15) is 28.6 Å². The van der Waals surface area contributed by atoms with Gasteiger partial charge in [0.15, 0.2) is 11.5 Å². The zero-order valence-electron chi connectivity index (χ0n) is 15.9. The first-order chi connectivity index (χ1) is 14.0. The summed E-state index contributed by atoms with van der Waals surface area (Å²) in [6, 6.07) is 8.56. The third kappa shape index (κ3) is 2.35. The lowest BCUT2D eigenvalue weighted by Gasteiger charge is -2.26. The number of H-pyrrole nitrogens is 1. The number of nitrogens with two attached hydrogens (primary N) is 1. The van der Waals surface area contributed by atoms with E-state index < -0.39 is 11.8 Å². The smallest absolute Gasteiger partial charge is 0.419 e. The molecule has 0 spiro atoms. The molecule has 0 aliphatic carbocycles. The molecule has 0 fully saturated rings. The molecule has 0 unspecified atom stereocenters. The number of ether oxygens (including phenoxy) is 2. The number of oxazole rings is 1. The molecule has 0 radical (unpaired) electrons. The summed E-state index contributed by atoms with van der Waals surface area (Å²) >= 11 is 0. The summed E-state index contributed by atoms with van der Waals surface area (Å²) in [5.74, 6) is -0.0656. The Morgan fingerprint density at radius 3 is 2.66 bits per heavy atom. The Labute approximate surface area is 165 Å². The second kappa shape index (κ2) is 6.10. The molecule has 8 heteroatoms. The fourth-order valence-electron chi connectivity index (χ4n) is 4.23. The first-order valence-corrected chi connectivity index (χ1v) is 9.06. The number of nitrogens with zero attached hydrogens (tertiary/aromatic N) is 1. The number of methoxy groups -OCH3 is 2. The molecule has 2 aromatic carbocycles. The van der Waals surface area contributed by atoms with E-state index in [1.165, 1.54) is 20.5 Å². The maximum Gasteiger partial charge on any atom is 0.419 e. The molecule has 0 saturated heterocycles. The molecular formula is C21H19N3O5. The van der Waals surface area contributed by atoms with E-state index in [-0.39, 0.29) is 17.2 Å². The van der Waals surface area contributed by atoms with E-state index in [2.05, 4.69) is 4.98 Å². The van der Waals surface area contributed by atoms with Crippen molar-refractivity contribution in [2.75, 3.05) is 20.0 Å². The van der Waals surface area contributed by atoms with E-state index in [4.69, 9.17) is 19.6 Å². The summed E-state index contributed by atoms with van der Waals surface area (Å²) in [4.78, 5) is 16.0. The maximum atomic E-state index is 12.6. The molecule has 148 valence electrons. The molecular weight excluding hydrogens is 374 g/mol. The van der Waals surface area contributed by atoms with Gasteiger partial charge in [0.05, 0.1) is 19.9 Å². The minimum Gasteiger partial charge on any atom is -0.502 e. The van der Waals surface area contributed by atoms with Gasteiger partial charge < -0.3 is 29.7 Å². The lowest BCUT2D eigenvalue weighted by Crippen LogP contribution is -2.29. The molecule has 0 bridgehead atoms. The van der Waals surface area contributed by atoms with Gasteiger partial charge in [-0.25, -0.2) is 4.79 Å². The van der Waals surface area contributed by atoms with Crippen LogP contribution in [0.15, 0.2) is 45.8 Å². The van der Waals surface area contributed by atoms with Crippen molar-refractivity contribution in [2.45, 2.75) is 12.5 Å². The topological polar surface area (TPSA) is 116 Å². The fourth-order valence-corrected chi connectivity index (χ4v) is 4.23. The van der Waals surface area contributed by atoms with E-state index >= 15 is 0 Å². The lowest BCUT2D eigenvalue weighted by molar-refractivity contribution is 0.338. The van der Waals surface area contributed by atoms with E-state index in [0.717, 1.165) is 27.9 Å². The largest absolute Gasteiger partial charge is 0.502 e. The van der Waals surface area contributed by atoms with Crippen molar-refractivity contribution < 1.29 is 19.0 Å². The van der Waals surface area contributed by atoms with Crippen molar-refractivity contribution >= 4 is 16.6 Å². The maximum absolute atomic E-state index is 12.6. The Morgan fingerprint density at radius 2 is 1.97 bits per heavy atom. The quantitative estimate of drug-likeness (QED) is 0.406. The van der Waals surface area contributed by atoms with E-state index in [1.54, 1.807) is 16.7 Å². The molecule has 3 heterocycles. The predicted molar refractivity (Wildman–Crippen MR) is 107 cm³/mol. The van der Waals surface area contributed by atoms with Gasteiger partial charge in [-0.3, -0.25) is 4.57 Å². The minimum absolute atomic E-state index is 0.101. The Balaban J connectivity index is 1.84. The molecule has 5 rings (SSSR count). The second-order valence-electron chi connectivity index (χ2n) is 7.00. The van der Waals surface area contributed by atoms with Crippen molar-refractivity contribution in [3.8, 4) is 17.2 Å². The Morgan fingerprint density at radius 1 is 1.24 bits per heavy atom. The van der Waals surface area contributed by atoms with E-state index in [1.807, 2.05) is 18.2 Å². The van der Waals surface area contributed by atoms with Gasteiger partial charge in [-0.05, 0) is 35.4 Å².